The number of rotatable bonds is 6. The molecule has 1 aromatic carbocycles. The number of halogens is 1. The molecule has 298 valence electrons. The van der Waals surface area contributed by atoms with Crippen molar-refractivity contribution in [3.05, 3.63) is 96.1 Å². The molecule has 7 aromatic rings. The maximum absolute atomic E-state index is 11.6. The number of nitrogens with zero attached hydrogens (tertiary/aromatic N) is 14. The van der Waals surface area contributed by atoms with Crippen LogP contribution in [0.15, 0.2) is 90.6 Å². The number of carbonyl (C=O) groups excluding carboxylic acids is 2. The zero-order chi connectivity index (χ0) is 39.5. The Morgan fingerprint density at radius 3 is 1.69 bits per heavy atom. The van der Waals surface area contributed by atoms with Crippen molar-refractivity contribution in [1.29, 1.82) is 0 Å². The zero-order valence-corrected chi connectivity index (χ0v) is 32.9. The molecule has 2 aliphatic heterocycles. The van der Waals surface area contributed by atoms with E-state index >= 15 is 0 Å². The lowest BCUT2D eigenvalue weighted by Gasteiger charge is -2.34. The van der Waals surface area contributed by atoms with Gasteiger partial charge in [0.25, 0.3) is 0 Å². The average Bonchev–Trinajstić information content (AvgIpc) is 3.88. The van der Waals surface area contributed by atoms with Gasteiger partial charge >= 0.3 is 0 Å². The number of fused-ring (bicyclic) bond motifs is 2. The van der Waals surface area contributed by atoms with Gasteiger partial charge in [0, 0.05) is 96.6 Å². The first kappa shape index (κ1) is 39.8. The fourth-order valence-corrected chi connectivity index (χ4v) is 7.17. The van der Waals surface area contributed by atoms with Gasteiger partial charge in [-0.2, -0.15) is 0 Å². The molecule has 0 atom stereocenters. The molecule has 2 fully saturated rings. The molecule has 8 heterocycles. The summed E-state index contributed by atoms with van der Waals surface area (Å²) >= 11 is 3.38. The summed E-state index contributed by atoms with van der Waals surface area (Å²) in [6, 6.07) is 11.4. The van der Waals surface area contributed by atoms with E-state index in [0.717, 1.165) is 76.3 Å². The number of hydrogen-bond donors (Lipinski definition) is 1. The Morgan fingerprint density at radius 2 is 1.17 bits per heavy atom. The van der Waals surface area contributed by atoms with Crippen molar-refractivity contribution in [2.45, 2.75) is 27.9 Å². The van der Waals surface area contributed by atoms with Gasteiger partial charge < -0.3 is 24.7 Å². The van der Waals surface area contributed by atoms with Gasteiger partial charge in [-0.25, -0.2) is 34.9 Å². The van der Waals surface area contributed by atoms with Crippen LogP contribution < -0.4 is 9.80 Å². The minimum Gasteiger partial charge on any atom is -0.392 e. The third kappa shape index (κ3) is 8.47. The van der Waals surface area contributed by atoms with E-state index in [1.165, 1.54) is 0 Å². The molecular weight excluding hydrogens is 804 g/mol. The Morgan fingerprint density at radius 1 is 0.655 bits per heavy atom. The summed E-state index contributed by atoms with van der Waals surface area (Å²) in [4.78, 5) is 67.0. The lowest BCUT2D eigenvalue weighted by molar-refractivity contribution is -0.129. The number of anilines is 2. The largest absolute Gasteiger partial charge is 0.392 e. The van der Waals surface area contributed by atoms with Gasteiger partial charge in [-0.05, 0) is 39.7 Å². The lowest BCUT2D eigenvalue weighted by Crippen LogP contribution is -2.48. The van der Waals surface area contributed by atoms with Gasteiger partial charge in [0.1, 0.15) is 27.6 Å². The van der Waals surface area contributed by atoms with Crippen LogP contribution in [0, 0.1) is 0 Å². The monoisotopic (exact) mass is 846 g/mol. The van der Waals surface area contributed by atoms with Crippen molar-refractivity contribution >= 4 is 50.7 Å². The maximum Gasteiger partial charge on any atom is 0.219 e. The van der Waals surface area contributed by atoms with Crippen molar-refractivity contribution < 1.29 is 14.7 Å². The highest BCUT2D eigenvalue weighted by Gasteiger charge is 2.22. The predicted molar refractivity (Wildman–Crippen MR) is 223 cm³/mol. The maximum atomic E-state index is 11.6. The van der Waals surface area contributed by atoms with Gasteiger partial charge in [-0.3, -0.25) is 23.4 Å². The molecule has 0 spiro atoms. The number of benzene rings is 1. The van der Waals surface area contributed by atoms with Crippen LogP contribution in [0.3, 0.4) is 0 Å². The van der Waals surface area contributed by atoms with E-state index in [-0.39, 0.29) is 25.8 Å². The summed E-state index contributed by atoms with van der Waals surface area (Å²) in [6.07, 6.45) is 14.2. The highest BCUT2D eigenvalue weighted by Crippen LogP contribution is 2.25. The summed E-state index contributed by atoms with van der Waals surface area (Å²) in [7, 11) is 0. The minimum absolute atomic E-state index is 0. The van der Waals surface area contributed by atoms with Gasteiger partial charge in [0.15, 0.2) is 22.9 Å². The molecule has 6 aromatic heterocycles. The fraction of sp³-hybridized carbons (Fsp3) is 0.300. The van der Waals surface area contributed by atoms with Gasteiger partial charge in [-0.15, -0.1) is 0 Å². The Labute approximate surface area is 343 Å². The topological polar surface area (TPSA) is 179 Å². The van der Waals surface area contributed by atoms with Gasteiger partial charge in [0.2, 0.25) is 11.8 Å². The average molecular weight is 848 g/mol. The summed E-state index contributed by atoms with van der Waals surface area (Å²) in [5.74, 6) is 3.09. The second-order valence-electron chi connectivity index (χ2n) is 13.5. The van der Waals surface area contributed by atoms with E-state index in [0.29, 0.717) is 43.5 Å². The van der Waals surface area contributed by atoms with Crippen LogP contribution >= 0.6 is 15.9 Å². The van der Waals surface area contributed by atoms with Crippen LogP contribution in [0.2, 0.25) is 0 Å². The van der Waals surface area contributed by atoms with E-state index in [9.17, 15) is 14.7 Å². The van der Waals surface area contributed by atoms with Crippen molar-refractivity contribution in [2.24, 2.45) is 0 Å². The molecule has 0 unspecified atom stereocenters. The normalized spacial score (nSPS) is 14.3. The molecule has 2 saturated heterocycles. The molecular formula is C40H43BrN14O3. The van der Waals surface area contributed by atoms with Crippen molar-refractivity contribution in [2.75, 3.05) is 62.2 Å². The minimum atomic E-state index is -0.0201. The number of carbonyl (C=O) groups is 2. The third-order valence-corrected chi connectivity index (χ3v) is 10.4. The highest BCUT2D eigenvalue weighted by atomic mass is 79.9. The van der Waals surface area contributed by atoms with E-state index in [2.05, 4.69) is 55.6 Å². The number of imidazole rings is 2. The molecule has 1 N–H and O–H groups in total. The number of aliphatic hydroxyl groups excluding tert-OH is 1. The lowest BCUT2D eigenvalue weighted by atomic mass is 10.1. The van der Waals surface area contributed by atoms with Gasteiger partial charge in [-0.1, -0.05) is 25.6 Å². The van der Waals surface area contributed by atoms with Crippen molar-refractivity contribution in [1.82, 2.24) is 58.5 Å². The van der Waals surface area contributed by atoms with Crippen LogP contribution in [0.4, 0.5) is 11.6 Å². The third-order valence-electron chi connectivity index (χ3n) is 10.0. The van der Waals surface area contributed by atoms with Crippen LogP contribution in [0.5, 0.6) is 0 Å². The molecule has 18 heteroatoms. The Hall–Kier alpha value is -6.40. The van der Waals surface area contributed by atoms with Crippen LogP contribution in [0.25, 0.3) is 45.6 Å². The summed E-state index contributed by atoms with van der Waals surface area (Å²) in [5, 5.41) is 9.44. The number of piperazine rings is 2. The smallest absolute Gasteiger partial charge is 0.219 e. The van der Waals surface area contributed by atoms with E-state index < -0.39 is 0 Å². The second kappa shape index (κ2) is 17.4. The zero-order valence-electron chi connectivity index (χ0n) is 31.3. The molecule has 17 nitrogen and oxygen atoms in total. The Balaban J connectivity index is 0.000000179. The predicted octanol–water partition coefficient (Wildman–Crippen LogP) is 4.27. The number of amides is 2. The van der Waals surface area contributed by atoms with E-state index in [1.54, 1.807) is 51.0 Å². The van der Waals surface area contributed by atoms with Crippen LogP contribution in [-0.4, -0.2) is 128 Å². The van der Waals surface area contributed by atoms with Gasteiger partial charge in [0.05, 0.1) is 37.1 Å². The van der Waals surface area contributed by atoms with Crippen LogP contribution in [0.1, 0.15) is 26.8 Å². The molecule has 9 rings (SSSR count). The first-order chi connectivity index (χ1) is 27.7. The van der Waals surface area contributed by atoms with Crippen molar-refractivity contribution in [3.63, 3.8) is 0 Å². The molecule has 0 saturated carbocycles. The fourth-order valence-electron chi connectivity index (χ4n) is 6.86. The summed E-state index contributed by atoms with van der Waals surface area (Å²) < 4.78 is 4.56. The highest BCUT2D eigenvalue weighted by molar-refractivity contribution is 9.10. The summed E-state index contributed by atoms with van der Waals surface area (Å²) in [6.45, 7) is 8.98. The molecule has 0 aliphatic carbocycles. The first-order valence-electron chi connectivity index (χ1n) is 18.4. The molecule has 58 heavy (non-hydrogen) atoms. The quantitative estimate of drug-likeness (QED) is 0.251. The second-order valence-corrected chi connectivity index (χ2v) is 14.4. The molecule has 2 amide bonds. The first-order valence-corrected chi connectivity index (χ1v) is 19.2. The SMILES string of the molecule is C.CC(=O)N1CCN(c2ccnc(-c3cnc4cnc(-c5cccc(CO)c5)cn34)n2)CC1.CC(=O)N1CCN(c2ccnc(-c3cnc4cnc(Br)cn34)n2)CC1. The molecule has 0 bridgehead atoms. The standard InChI is InChI=1S/C23H23N7O2.C16H16BrN7O.CH4/c1-16(32)28-7-9-29(10-8-28)21-5-6-24-23(27-21)20-12-26-22-13-25-19(14-30(20)22)18-4-2-3-17(11-18)15-31;1-11(25)22-4-6-23(7-5-22)14-2-3-18-16(21-14)12-8-20-15-9-19-13(17)10-24(12)15;/h2-6,11-14,31H,7-10,15H2,1H3;2-3,8-10H,4-7H2,1H3;1H4. The van der Waals surface area contributed by atoms with Crippen LogP contribution in [-0.2, 0) is 16.2 Å². The van der Waals surface area contributed by atoms with E-state index in [4.69, 9.17) is 9.97 Å². The molecule has 0 radical (unpaired) electrons. The number of aliphatic hydroxyl groups is 1. The number of hydrogen-bond acceptors (Lipinski definition) is 13. The van der Waals surface area contributed by atoms with E-state index in [1.807, 2.05) is 67.4 Å². The number of aromatic nitrogens is 10. The molecule has 2 aliphatic rings. The Kier molecular flexibility index (Phi) is 11.9. The Bertz CT molecular complexity index is 2560. The van der Waals surface area contributed by atoms with Crippen molar-refractivity contribution in [3.8, 4) is 34.3 Å². The summed E-state index contributed by atoms with van der Waals surface area (Å²) in [5.41, 5.74) is 5.53.